The minimum absolute atomic E-state index is 0. The van der Waals surface area contributed by atoms with Gasteiger partial charge in [-0.1, -0.05) is 7.43 Å². The number of hydrogen-bond acceptors (Lipinski definition) is 15. The van der Waals surface area contributed by atoms with E-state index >= 15 is 0 Å². The van der Waals surface area contributed by atoms with Crippen LogP contribution in [0.5, 0.6) is 0 Å². The molecule has 0 spiro atoms. The third-order valence-electron chi connectivity index (χ3n) is 19.2. The molecule has 0 aromatic heterocycles. The fraction of sp³-hybridized carbons (Fsp3) is 0.972. The first-order valence-electron chi connectivity index (χ1n) is 34.7. The van der Waals surface area contributed by atoms with E-state index in [-0.39, 0.29) is 24.4 Å². The van der Waals surface area contributed by atoms with Crippen LogP contribution < -0.4 is 0 Å². The highest BCUT2D eigenvalue weighted by Gasteiger charge is 2.36. The highest BCUT2D eigenvalue weighted by atomic mass is 16.5. The second kappa shape index (κ2) is 36.9. The second-order valence-electron chi connectivity index (χ2n) is 33.9. The molecule has 9 rings (SSSR count). The summed E-state index contributed by atoms with van der Waals surface area (Å²) in [6.07, 6.45) is 5.90. The van der Waals surface area contributed by atoms with Crippen LogP contribution in [-0.2, 0) is 19.1 Å². The van der Waals surface area contributed by atoms with Crippen molar-refractivity contribution in [3.8, 4) is 0 Å². The van der Waals surface area contributed by atoms with Crippen LogP contribution in [-0.4, -0.2) is 338 Å². The lowest BCUT2D eigenvalue weighted by molar-refractivity contribution is -0.141. The van der Waals surface area contributed by atoms with Gasteiger partial charge in [0.25, 0.3) is 0 Å². The number of hydrogen-bond donors (Lipinski definition) is 0. The molecule has 2 amide bonds. The number of nitrogens with zero attached hydrogens (tertiary/aromatic N) is 13. The van der Waals surface area contributed by atoms with Crippen molar-refractivity contribution in [2.45, 2.75) is 249 Å². The Balaban J connectivity index is 0.000000350. The fourth-order valence-corrected chi connectivity index (χ4v) is 12.9. The zero-order valence-electron chi connectivity index (χ0n) is 62.3. The van der Waals surface area contributed by atoms with E-state index in [1.54, 1.807) is 7.11 Å². The summed E-state index contributed by atoms with van der Waals surface area (Å²) in [6.45, 7) is 79.7. The van der Waals surface area contributed by atoms with Gasteiger partial charge in [-0.05, 0) is 199 Å². The molecule has 17 nitrogen and oxygen atoms in total. The first kappa shape index (κ1) is 82.5. The van der Waals surface area contributed by atoms with Crippen molar-refractivity contribution in [1.29, 1.82) is 0 Å². The van der Waals surface area contributed by atoms with Crippen molar-refractivity contribution in [2.24, 2.45) is 0 Å². The first-order valence-corrected chi connectivity index (χ1v) is 34.7. The molecule has 1 aliphatic carbocycles. The maximum absolute atomic E-state index is 11.5. The number of likely N-dealkylation sites (tertiary alicyclic amines) is 1. The molecule has 1 atom stereocenters. The molecular formula is C71H149N13O4. The van der Waals surface area contributed by atoms with Crippen molar-refractivity contribution < 1.29 is 19.1 Å². The SMILES string of the molecule is C.CC(C)(C)N1CCCCC1=O.CC(C)(C)N1CCN(C2CC2)CC1.CC(C)(C)N1CCN(C2COC2)CC1.CC1CN(C)CCN1C(C)(C)C.CN1CCN(C(C)(C)C)C(=O)C1.CN1CCN(C(C)(C)C)CC1.COCCN1CCN(C(C)(C)C)CC1. The number of methoxy groups -OCH3 is 1. The Kier molecular flexibility index (Phi) is 34.6. The molecule has 8 saturated heterocycles. The van der Waals surface area contributed by atoms with Gasteiger partial charge in [0, 0.05) is 215 Å². The van der Waals surface area contributed by atoms with Gasteiger partial charge in [-0.15, -0.1) is 0 Å². The highest BCUT2D eigenvalue weighted by molar-refractivity contribution is 5.79. The minimum atomic E-state index is -0.0155. The minimum Gasteiger partial charge on any atom is -0.383 e. The first-order chi connectivity index (χ1) is 40.0. The zero-order chi connectivity index (χ0) is 65.9. The lowest BCUT2D eigenvalue weighted by Crippen LogP contribution is -2.59. The van der Waals surface area contributed by atoms with Gasteiger partial charge in [0.2, 0.25) is 11.8 Å². The average Bonchev–Trinajstić information content (AvgIpc) is 4.44. The van der Waals surface area contributed by atoms with Crippen LogP contribution in [0.15, 0.2) is 0 Å². The summed E-state index contributed by atoms with van der Waals surface area (Å²) in [4.78, 5) is 54.3. The number of piperidine rings is 1. The van der Waals surface area contributed by atoms with E-state index < -0.39 is 0 Å². The maximum atomic E-state index is 11.5. The van der Waals surface area contributed by atoms with Crippen molar-refractivity contribution in [3.05, 3.63) is 0 Å². The monoisotopic (exact) mass is 1250 g/mol. The summed E-state index contributed by atoms with van der Waals surface area (Å²) in [6, 6.07) is 2.38. The van der Waals surface area contributed by atoms with Gasteiger partial charge in [0.15, 0.2) is 0 Å². The molecule has 0 aromatic rings. The Morgan fingerprint density at radius 1 is 0.420 bits per heavy atom. The summed E-state index contributed by atoms with van der Waals surface area (Å²) in [5.74, 6) is 0.569. The van der Waals surface area contributed by atoms with Gasteiger partial charge in [0.05, 0.1) is 32.4 Å². The Hall–Kier alpha value is -1.58. The molecule has 0 N–H and O–H groups in total. The summed E-state index contributed by atoms with van der Waals surface area (Å²) in [7, 11) is 8.15. The molecular weight excluding hydrogens is 1100 g/mol. The van der Waals surface area contributed by atoms with Gasteiger partial charge in [0.1, 0.15) is 0 Å². The van der Waals surface area contributed by atoms with Gasteiger partial charge in [-0.2, -0.15) is 0 Å². The molecule has 1 unspecified atom stereocenters. The number of piperazine rings is 6. The van der Waals surface area contributed by atoms with Gasteiger partial charge < -0.3 is 29.1 Å². The van der Waals surface area contributed by atoms with Crippen molar-refractivity contribution in [1.82, 2.24) is 63.7 Å². The second-order valence-corrected chi connectivity index (χ2v) is 33.9. The lowest BCUT2D eigenvalue weighted by atomic mass is 10.0. The summed E-state index contributed by atoms with van der Waals surface area (Å²) in [5.41, 5.74) is 1.74. The van der Waals surface area contributed by atoms with E-state index in [4.69, 9.17) is 9.47 Å². The number of carbonyl (C=O) groups excluding carboxylic acids is 2. The topological polar surface area (TPSA) is 94.7 Å². The van der Waals surface area contributed by atoms with Crippen LogP contribution in [0.4, 0.5) is 0 Å². The summed E-state index contributed by atoms with van der Waals surface area (Å²) >= 11 is 0. The summed E-state index contributed by atoms with van der Waals surface area (Å²) in [5, 5.41) is 0. The number of rotatable bonds is 5. The van der Waals surface area contributed by atoms with E-state index in [0.29, 0.717) is 46.2 Å². The fourth-order valence-electron chi connectivity index (χ4n) is 12.9. The molecule has 9 aliphatic rings. The van der Waals surface area contributed by atoms with Crippen LogP contribution in [0, 0.1) is 0 Å². The van der Waals surface area contributed by atoms with E-state index in [1.165, 1.54) is 144 Å². The molecule has 17 heteroatoms. The Morgan fingerprint density at radius 3 is 1.14 bits per heavy atom. The van der Waals surface area contributed by atoms with Crippen LogP contribution in [0.3, 0.4) is 0 Å². The molecule has 1 saturated carbocycles. The van der Waals surface area contributed by atoms with Gasteiger partial charge >= 0.3 is 0 Å². The van der Waals surface area contributed by atoms with Gasteiger partial charge in [-0.25, -0.2) is 0 Å². The average molecular weight is 1250 g/mol. The normalized spacial score (nSPS) is 24.5. The largest absolute Gasteiger partial charge is 0.383 e. The quantitative estimate of drug-likeness (QED) is 0.262. The highest BCUT2D eigenvalue weighted by Crippen LogP contribution is 2.29. The van der Waals surface area contributed by atoms with Crippen molar-refractivity contribution in [2.75, 3.05) is 205 Å². The standard InChI is InChI=1S/C11H22N2O.C11H24N2O.C11H22N2.C10H22N2.C9H18N2O.C9H20N2.C9H17NO.CH4/c1-11(2,3)13-6-4-12(5-7-13)10-8-14-9-10;1-11(2,3)13-7-5-12(6-8-13)9-10-14-4;1-11(2,3)13-8-6-12(7-9-13)10-4-5-10;1-9-8-11(5)6-7-12(9)10(2,3)4;1-9(2,3)11-6-5-10(4)7-8(11)12;1-9(2,3)11-7-5-10(4)6-8-11;1-9(2,3)10-7-5-4-6-8(10)11;/h10H,4-9H2,1-3H3;5-10H2,1-4H3;10H,4-9H2,1-3H3;9H,6-8H2,1-5H3;5-7H2,1-4H3;5-8H2,1-4H3;4-7H2,1-3H3;1H4. The number of likely N-dealkylation sites (N-methyl/N-ethyl adjacent to an activating group) is 3. The van der Waals surface area contributed by atoms with Crippen molar-refractivity contribution >= 4 is 11.8 Å². The molecule has 88 heavy (non-hydrogen) atoms. The molecule has 0 aromatic carbocycles. The predicted molar refractivity (Wildman–Crippen MR) is 376 cm³/mol. The zero-order valence-corrected chi connectivity index (χ0v) is 62.3. The number of amides is 2. The molecule has 0 bridgehead atoms. The molecule has 0 radical (unpaired) electrons. The maximum Gasteiger partial charge on any atom is 0.237 e. The number of ether oxygens (including phenoxy) is 2. The number of carbonyl (C=O) groups is 2. The van der Waals surface area contributed by atoms with E-state index in [2.05, 4.69) is 220 Å². The third kappa shape index (κ3) is 30.7. The molecule has 8 aliphatic heterocycles. The van der Waals surface area contributed by atoms with E-state index in [9.17, 15) is 9.59 Å². The van der Waals surface area contributed by atoms with E-state index in [1.807, 2.05) is 16.8 Å². The smallest absolute Gasteiger partial charge is 0.237 e. The van der Waals surface area contributed by atoms with Crippen LogP contribution in [0.25, 0.3) is 0 Å². The van der Waals surface area contributed by atoms with Gasteiger partial charge in [-0.3, -0.25) is 53.7 Å². The Bertz CT molecular complexity index is 1890. The molecule has 8 heterocycles. The van der Waals surface area contributed by atoms with E-state index in [0.717, 1.165) is 70.9 Å². The van der Waals surface area contributed by atoms with Crippen LogP contribution in [0.1, 0.15) is 192 Å². The predicted octanol–water partition coefficient (Wildman–Crippen LogP) is 8.86. The lowest BCUT2D eigenvalue weighted by Gasteiger charge is -2.46. The van der Waals surface area contributed by atoms with Crippen molar-refractivity contribution in [3.63, 3.8) is 0 Å². The third-order valence-corrected chi connectivity index (χ3v) is 19.2. The summed E-state index contributed by atoms with van der Waals surface area (Å²) < 4.78 is 10.3. The molecule has 9 fully saturated rings. The van der Waals surface area contributed by atoms with Crippen LogP contribution >= 0.6 is 0 Å². The van der Waals surface area contributed by atoms with Crippen LogP contribution in [0.2, 0.25) is 0 Å². The Morgan fingerprint density at radius 2 is 0.807 bits per heavy atom. The molecule has 522 valence electrons. The Labute approximate surface area is 546 Å².